The standard InChI is InChI=1S/C11H9F3O2/c12-6-3-7(13)10(8(14)4-6)11(1-2-11)5-9(15)16/h3-4H,1-2,5H2,(H,15,16). The lowest BCUT2D eigenvalue weighted by Gasteiger charge is -2.14. The van der Waals surface area contributed by atoms with E-state index in [2.05, 4.69) is 0 Å². The lowest BCUT2D eigenvalue weighted by molar-refractivity contribution is -0.137. The van der Waals surface area contributed by atoms with E-state index in [0.29, 0.717) is 25.0 Å². The maximum atomic E-state index is 13.4. The fraction of sp³-hybridized carbons (Fsp3) is 0.364. The van der Waals surface area contributed by atoms with Crippen molar-refractivity contribution in [1.82, 2.24) is 0 Å². The van der Waals surface area contributed by atoms with Crippen LogP contribution < -0.4 is 0 Å². The molecule has 0 saturated heterocycles. The zero-order valence-electron chi connectivity index (χ0n) is 8.27. The first-order valence-electron chi connectivity index (χ1n) is 4.81. The molecule has 1 saturated carbocycles. The molecule has 0 spiro atoms. The van der Waals surface area contributed by atoms with Crippen molar-refractivity contribution in [3.05, 3.63) is 35.1 Å². The summed E-state index contributed by atoms with van der Waals surface area (Å²) in [6.07, 6.45) is 0.504. The van der Waals surface area contributed by atoms with Crippen LogP contribution in [0.4, 0.5) is 13.2 Å². The molecule has 1 aromatic carbocycles. The molecule has 0 aromatic heterocycles. The van der Waals surface area contributed by atoms with Crippen LogP contribution in [0.3, 0.4) is 0 Å². The van der Waals surface area contributed by atoms with Crippen molar-refractivity contribution in [2.24, 2.45) is 0 Å². The van der Waals surface area contributed by atoms with Gasteiger partial charge in [0.1, 0.15) is 17.5 Å². The summed E-state index contributed by atoms with van der Waals surface area (Å²) in [5.41, 5.74) is -1.27. The summed E-state index contributed by atoms with van der Waals surface area (Å²) < 4.78 is 39.5. The van der Waals surface area contributed by atoms with Crippen LogP contribution >= 0.6 is 0 Å². The van der Waals surface area contributed by atoms with Crippen molar-refractivity contribution in [2.45, 2.75) is 24.7 Å². The number of rotatable bonds is 3. The van der Waals surface area contributed by atoms with Crippen molar-refractivity contribution in [3.8, 4) is 0 Å². The first kappa shape index (κ1) is 11.0. The first-order valence-corrected chi connectivity index (χ1v) is 4.81. The van der Waals surface area contributed by atoms with Crippen molar-refractivity contribution < 1.29 is 23.1 Å². The third-order valence-corrected chi connectivity index (χ3v) is 2.88. The van der Waals surface area contributed by atoms with Gasteiger partial charge in [-0.2, -0.15) is 0 Å². The Morgan fingerprint density at radius 3 is 2.12 bits per heavy atom. The molecule has 1 fully saturated rings. The molecule has 0 radical (unpaired) electrons. The molecular formula is C11H9F3O2. The summed E-state index contributed by atoms with van der Waals surface area (Å²) in [6, 6.07) is 1.17. The lowest BCUT2D eigenvalue weighted by atomic mass is 9.91. The highest BCUT2D eigenvalue weighted by molar-refractivity contribution is 5.70. The second-order valence-corrected chi connectivity index (χ2v) is 4.10. The van der Waals surface area contributed by atoms with E-state index in [1.54, 1.807) is 0 Å². The number of carbonyl (C=O) groups is 1. The Morgan fingerprint density at radius 2 is 1.75 bits per heavy atom. The van der Waals surface area contributed by atoms with Crippen LogP contribution in [0.5, 0.6) is 0 Å². The molecule has 2 nitrogen and oxygen atoms in total. The highest BCUT2D eigenvalue weighted by atomic mass is 19.1. The number of hydrogen-bond acceptors (Lipinski definition) is 1. The van der Waals surface area contributed by atoms with Gasteiger partial charge in [0.05, 0.1) is 6.42 Å². The third kappa shape index (κ3) is 1.77. The van der Waals surface area contributed by atoms with Gasteiger partial charge < -0.3 is 5.11 Å². The van der Waals surface area contributed by atoms with Crippen LogP contribution in [0.15, 0.2) is 12.1 Å². The Hall–Kier alpha value is -1.52. The van der Waals surface area contributed by atoms with E-state index in [-0.39, 0.29) is 12.0 Å². The molecule has 2 rings (SSSR count). The summed E-state index contributed by atoms with van der Waals surface area (Å²) in [4.78, 5) is 10.6. The van der Waals surface area contributed by atoms with Gasteiger partial charge in [0.2, 0.25) is 0 Å². The van der Waals surface area contributed by atoms with E-state index in [1.807, 2.05) is 0 Å². The Labute approximate surface area is 89.7 Å². The van der Waals surface area contributed by atoms with Crippen molar-refractivity contribution in [1.29, 1.82) is 0 Å². The average molecular weight is 230 g/mol. The number of halogens is 3. The number of hydrogen-bond donors (Lipinski definition) is 1. The Balaban J connectivity index is 2.44. The zero-order chi connectivity index (χ0) is 11.9. The SMILES string of the molecule is O=C(O)CC1(c2c(F)cc(F)cc2F)CC1. The maximum Gasteiger partial charge on any atom is 0.304 e. The van der Waals surface area contributed by atoms with E-state index in [9.17, 15) is 18.0 Å². The van der Waals surface area contributed by atoms with Crippen molar-refractivity contribution in [3.63, 3.8) is 0 Å². The minimum atomic E-state index is -1.11. The van der Waals surface area contributed by atoms with Crippen LogP contribution in [0.2, 0.25) is 0 Å². The van der Waals surface area contributed by atoms with Crippen LogP contribution in [0, 0.1) is 17.5 Å². The monoisotopic (exact) mass is 230 g/mol. The number of benzene rings is 1. The van der Waals surface area contributed by atoms with E-state index in [1.165, 1.54) is 0 Å². The van der Waals surface area contributed by atoms with Crippen LogP contribution in [0.25, 0.3) is 0 Å². The van der Waals surface area contributed by atoms with Crippen LogP contribution in [-0.4, -0.2) is 11.1 Å². The average Bonchev–Trinajstić information content (AvgIpc) is 2.81. The molecule has 0 bridgehead atoms. The minimum absolute atomic E-state index is 0.295. The van der Waals surface area contributed by atoms with Gasteiger partial charge in [-0.3, -0.25) is 4.79 Å². The molecule has 0 unspecified atom stereocenters. The molecule has 0 amide bonds. The minimum Gasteiger partial charge on any atom is -0.481 e. The van der Waals surface area contributed by atoms with Gasteiger partial charge in [-0.1, -0.05) is 0 Å². The Morgan fingerprint density at radius 1 is 1.25 bits per heavy atom. The fourth-order valence-electron chi connectivity index (χ4n) is 2.00. The molecule has 16 heavy (non-hydrogen) atoms. The summed E-state index contributed by atoms with van der Waals surface area (Å²) in [7, 11) is 0. The molecule has 0 atom stereocenters. The molecule has 0 heterocycles. The maximum absolute atomic E-state index is 13.4. The fourth-order valence-corrected chi connectivity index (χ4v) is 2.00. The molecule has 5 heteroatoms. The summed E-state index contributed by atoms with van der Waals surface area (Å²) in [6.45, 7) is 0. The summed E-state index contributed by atoms with van der Waals surface area (Å²) in [5, 5.41) is 8.67. The smallest absolute Gasteiger partial charge is 0.304 e. The van der Waals surface area contributed by atoms with Gasteiger partial charge in [0, 0.05) is 23.1 Å². The van der Waals surface area contributed by atoms with Gasteiger partial charge in [-0.25, -0.2) is 13.2 Å². The highest BCUT2D eigenvalue weighted by Crippen LogP contribution is 2.52. The largest absolute Gasteiger partial charge is 0.481 e. The van der Waals surface area contributed by atoms with Crippen molar-refractivity contribution >= 4 is 5.97 Å². The van der Waals surface area contributed by atoms with Gasteiger partial charge in [0.15, 0.2) is 0 Å². The second kappa shape index (κ2) is 3.50. The van der Waals surface area contributed by atoms with Gasteiger partial charge >= 0.3 is 5.97 Å². The highest BCUT2D eigenvalue weighted by Gasteiger charge is 2.49. The normalized spacial score (nSPS) is 17.2. The molecule has 0 aliphatic heterocycles. The van der Waals surface area contributed by atoms with E-state index < -0.39 is 28.8 Å². The van der Waals surface area contributed by atoms with Gasteiger partial charge in [-0.05, 0) is 12.8 Å². The van der Waals surface area contributed by atoms with Gasteiger partial charge in [-0.15, -0.1) is 0 Å². The molecule has 1 aliphatic carbocycles. The number of aliphatic carboxylic acids is 1. The quantitative estimate of drug-likeness (QED) is 0.866. The van der Waals surface area contributed by atoms with E-state index in [0.717, 1.165) is 0 Å². The van der Waals surface area contributed by atoms with Crippen molar-refractivity contribution in [2.75, 3.05) is 0 Å². The Kier molecular flexibility index (Phi) is 2.40. The predicted molar refractivity (Wildman–Crippen MR) is 49.5 cm³/mol. The Bertz CT molecular complexity index is 430. The summed E-state index contributed by atoms with van der Waals surface area (Å²) >= 11 is 0. The second-order valence-electron chi connectivity index (χ2n) is 4.10. The number of carboxylic acids is 1. The van der Waals surface area contributed by atoms with E-state index in [4.69, 9.17) is 5.11 Å². The third-order valence-electron chi connectivity index (χ3n) is 2.88. The molecule has 86 valence electrons. The molecule has 1 aromatic rings. The molecule has 1 N–H and O–H groups in total. The number of carboxylic acid groups (broad SMARTS) is 1. The summed E-state index contributed by atoms with van der Waals surface area (Å²) in [5.74, 6) is -4.11. The van der Waals surface area contributed by atoms with Crippen LogP contribution in [-0.2, 0) is 10.2 Å². The molecular weight excluding hydrogens is 221 g/mol. The topological polar surface area (TPSA) is 37.3 Å². The van der Waals surface area contributed by atoms with Crippen LogP contribution in [0.1, 0.15) is 24.8 Å². The molecule has 1 aliphatic rings. The van der Waals surface area contributed by atoms with Gasteiger partial charge in [0.25, 0.3) is 0 Å². The lowest BCUT2D eigenvalue weighted by Crippen LogP contribution is -2.17. The first-order chi connectivity index (χ1) is 7.44. The predicted octanol–water partition coefficient (Wildman–Crippen LogP) is 2.61. The van der Waals surface area contributed by atoms with E-state index >= 15 is 0 Å². The zero-order valence-corrected chi connectivity index (χ0v) is 8.27.